The van der Waals surface area contributed by atoms with Gasteiger partial charge in [0.1, 0.15) is 5.75 Å². The van der Waals surface area contributed by atoms with E-state index >= 15 is 0 Å². The Balaban J connectivity index is 2.07. The standard InChI is InChI=1S/C18H26ClF2N3O2S/c1-3-22-17(24-12-18(27-2)6-8-25-9-7-18)23-11-13-10-14(19)4-5-15(13)26-16(20)21/h4-5,10,16H,3,6-9,11-12H2,1-2H3,(H2,22,23,24). The van der Waals surface area contributed by atoms with Crippen LogP contribution in [0.3, 0.4) is 0 Å². The number of thioether (sulfide) groups is 1. The minimum absolute atomic E-state index is 0.0824. The summed E-state index contributed by atoms with van der Waals surface area (Å²) in [5.41, 5.74) is 0.505. The zero-order chi connectivity index (χ0) is 19.7. The van der Waals surface area contributed by atoms with Crippen LogP contribution in [0.5, 0.6) is 5.75 Å². The lowest BCUT2D eigenvalue weighted by molar-refractivity contribution is -0.0504. The van der Waals surface area contributed by atoms with Crippen LogP contribution in [-0.4, -0.2) is 49.9 Å². The van der Waals surface area contributed by atoms with Gasteiger partial charge in [-0.15, -0.1) is 0 Å². The van der Waals surface area contributed by atoms with Crippen LogP contribution in [-0.2, 0) is 11.3 Å². The molecule has 0 saturated carbocycles. The summed E-state index contributed by atoms with van der Waals surface area (Å²) in [6, 6.07) is 4.54. The van der Waals surface area contributed by atoms with Gasteiger partial charge in [0.25, 0.3) is 0 Å². The third-order valence-electron chi connectivity index (χ3n) is 4.41. The van der Waals surface area contributed by atoms with Crippen molar-refractivity contribution in [2.75, 3.05) is 32.6 Å². The lowest BCUT2D eigenvalue weighted by Crippen LogP contribution is -2.47. The predicted molar refractivity (Wildman–Crippen MR) is 107 cm³/mol. The summed E-state index contributed by atoms with van der Waals surface area (Å²) in [4.78, 5) is 4.51. The quantitative estimate of drug-likeness (QED) is 0.492. The number of benzene rings is 1. The van der Waals surface area contributed by atoms with Gasteiger partial charge in [-0.3, -0.25) is 0 Å². The number of alkyl halides is 2. The minimum atomic E-state index is -2.89. The zero-order valence-electron chi connectivity index (χ0n) is 15.6. The van der Waals surface area contributed by atoms with Crippen LogP contribution >= 0.6 is 23.4 Å². The van der Waals surface area contributed by atoms with Crippen LogP contribution in [0.15, 0.2) is 23.2 Å². The van der Waals surface area contributed by atoms with Crippen molar-refractivity contribution in [3.8, 4) is 5.75 Å². The first-order valence-electron chi connectivity index (χ1n) is 8.86. The Hall–Kier alpha value is -1.25. The summed E-state index contributed by atoms with van der Waals surface area (Å²) >= 11 is 7.83. The van der Waals surface area contributed by atoms with Crippen LogP contribution in [0.25, 0.3) is 0 Å². The fourth-order valence-electron chi connectivity index (χ4n) is 2.83. The van der Waals surface area contributed by atoms with Crippen molar-refractivity contribution in [3.05, 3.63) is 28.8 Å². The second kappa shape index (κ2) is 10.9. The number of ether oxygens (including phenoxy) is 2. The molecule has 152 valence electrons. The first-order valence-corrected chi connectivity index (χ1v) is 10.5. The fraction of sp³-hybridized carbons (Fsp3) is 0.611. The molecule has 0 atom stereocenters. The van der Waals surface area contributed by atoms with Crippen molar-refractivity contribution in [2.45, 2.75) is 37.7 Å². The molecule has 27 heavy (non-hydrogen) atoms. The van der Waals surface area contributed by atoms with Crippen LogP contribution in [0.1, 0.15) is 25.3 Å². The van der Waals surface area contributed by atoms with Gasteiger partial charge in [0.15, 0.2) is 5.96 Å². The Labute approximate surface area is 168 Å². The van der Waals surface area contributed by atoms with Gasteiger partial charge in [-0.1, -0.05) is 11.6 Å². The smallest absolute Gasteiger partial charge is 0.387 e. The molecule has 0 aliphatic carbocycles. The Morgan fingerprint density at radius 1 is 1.37 bits per heavy atom. The van der Waals surface area contributed by atoms with E-state index in [0.29, 0.717) is 23.1 Å². The van der Waals surface area contributed by atoms with E-state index in [1.807, 2.05) is 18.7 Å². The highest BCUT2D eigenvalue weighted by atomic mass is 35.5. The second-order valence-corrected chi connectivity index (χ2v) is 7.89. The molecule has 1 aromatic rings. The molecule has 1 heterocycles. The molecule has 2 N–H and O–H groups in total. The number of nitrogens with one attached hydrogen (secondary N) is 2. The van der Waals surface area contributed by atoms with Gasteiger partial charge in [0.2, 0.25) is 0 Å². The summed E-state index contributed by atoms with van der Waals surface area (Å²) in [5, 5.41) is 7.00. The molecule has 9 heteroatoms. The molecule has 1 saturated heterocycles. The first-order chi connectivity index (χ1) is 13.0. The second-order valence-electron chi connectivity index (χ2n) is 6.18. The van der Waals surface area contributed by atoms with Gasteiger partial charge in [-0.05, 0) is 44.2 Å². The van der Waals surface area contributed by atoms with Gasteiger partial charge in [-0.25, -0.2) is 4.99 Å². The summed E-state index contributed by atoms with van der Waals surface area (Å²) in [5.74, 6) is 0.708. The highest BCUT2D eigenvalue weighted by Crippen LogP contribution is 2.33. The molecule has 0 radical (unpaired) electrons. The van der Waals surface area contributed by atoms with E-state index in [1.54, 1.807) is 6.07 Å². The molecule has 5 nitrogen and oxygen atoms in total. The molecule has 0 spiro atoms. The molecule has 0 amide bonds. The van der Waals surface area contributed by atoms with Gasteiger partial charge in [0.05, 0.1) is 6.54 Å². The van der Waals surface area contributed by atoms with Gasteiger partial charge in [-0.2, -0.15) is 20.5 Å². The Morgan fingerprint density at radius 3 is 2.74 bits per heavy atom. The molecule has 1 aromatic carbocycles. The van der Waals surface area contributed by atoms with Gasteiger partial charge in [0, 0.05) is 41.6 Å². The minimum Gasteiger partial charge on any atom is -0.434 e. The van der Waals surface area contributed by atoms with Crippen molar-refractivity contribution >= 4 is 29.3 Å². The Bertz CT molecular complexity index is 629. The highest BCUT2D eigenvalue weighted by Gasteiger charge is 2.31. The summed E-state index contributed by atoms with van der Waals surface area (Å²) in [6.45, 7) is 2.21. The number of guanidine groups is 1. The van der Waals surface area contributed by atoms with Crippen molar-refractivity contribution in [3.63, 3.8) is 0 Å². The molecule has 1 aliphatic heterocycles. The SMILES string of the molecule is CCNC(=NCc1cc(Cl)ccc1OC(F)F)NCC1(SC)CCOCC1. The van der Waals surface area contributed by atoms with Gasteiger partial charge >= 0.3 is 6.61 Å². The maximum Gasteiger partial charge on any atom is 0.387 e. The normalized spacial score (nSPS) is 17.0. The van der Waals surface area contributed by atoms with Crippen molar-refractivity contribution in [1.82, 2.24) is 10.6 Å². The average molecular weight is 422 g/mol. The summed E-state index contributed by atoms with van der Waals surface area (Å²) in [6.07, 6.45) is 4.06. The molecule has 2 rings (SSSR count). The number of hydrogen-bond acceptors (Lipinski definition) is 4. The van der Waals surface area contributed by atoms with E-state index < -0.39 is 6.61 Å². The lowest BCUT2D eigenvalue weighted by atomic mass is 9.99. The third kappa shape index (κ3) is 7.01. The number of halogens is 3. The predicted octanol–water partition coefficient (Wildman–Crippen LogP) is 3.91. The van der Waals surface area contributed by atoms with Crippen molar-refractivity contribution < 1.29 is 18.3 Å². The average Bonchev–Trinajstić information content (AvgIpc) is 2.66. The van der Waals surface area contributed by atoms with Gasteiger partial charge < -0.3 is 20.1 Å². The number of rotatable bonds is 8. The number of nitrogens with zero attached hydrogens (tertiary/aromatic N) is 1. The van der Waals surface area contributed by atoms with E-state index in [2.05, 4.69) is 26.6 Å². The first kappa shape index (κ1) is 22.0. The molecule has 0 aromatic heterocycles. The maximum absolute atomic E-state index is 12.6. The topological polar surface area (TPSA) is 54.9 Å². The van der Waals surface area contributed by atoms with Crippen LogP contribution in [0, 0.1) is 0 Å². The highest BCUT2D eigenvalue weighted by molar-refractivity contribution is 8.00. The lowest BCUT2D eigenvalue weighted by Gasteiger charge is -2.36. The fourth-order valence-corrected chi connectivity index (χ4v) is 3.82. The molecular formula is C18H26ClF2N3O2S. The Kier molecular flexibility index (Phi) is 8.92. The van der Waals surface area contributed by atoms with Crippen molar-refractivity contribution in [1.29, 1.82) is 0 Å². The van der Waals surface area contributed by atoms with E-state index in [9.17, 15) is 8.78 Å². The molecule has 1 fully saturated rings. The Morgan fingerprint density at radius 2 is 2.11 bits per heavy atom. The maximum atomic E-state index is 12.6. The monoisotopic (exact) mass is 421 g/mol. The molecule has 0 unspecified atom stereocenters. The van der Waals surface area contributed by atoms with Crippen LogP contribution < -0.4 is 15.4 Å². The van der Waals surface area contributed by atoms with Crippen LogP contribution in [0.2, 0.25) is 5.02 Å². The zero-order valence-corrected chi connectivity index (χ0v) is 17.1. The van der Waals surface area contributed by atoms with Crippen molar-refractivity contribution in [2.24, 2.45) is 4.99 Å². The van der Waals surface area contributed by atoms with E-state index in [1.165, 1.54) is 12.1 Å². The summed E-state index contributed by atoms with van der Waals surface area (Å²) < 4.78 is 35.3. The number of hydrogen-bond donors (Lipinski definition) is 2. The van der Waals surface area contributed by atoms with Crippen LogP contribution in [0.4, 0.5) is 8.78 Å². The van der Waals surface area contributed by atoms with E-state index in [4.69, 9.17) is 16.3 Å². The van der Waals surface area contributed by atoms with E-state index in [-0.39, 0.29) is 17.0 Å². The molecule has 0 bridgehead atoms. The molecular weight excluding hydrogens is 396 g/mol. The largest absolute Gasteiger partial charge is 0.434 e. The van der Waals surface area contributed by atoms with E-state index in [0.717, 1.165) is 32.6 Å². The third-order valence-corrected chi connectivity index (χ3v) is 6.06. The number of aliphatic imine (C=N–C) groups is 1. The summed E-state index contributed by atoms with van der Waals surface area (Å²) in [7, 11) is 0. The molecule has 1 aliphatic rings.